The van der Waals surface area contributed by atoms with E-state index in [1.165, 1.54) is 5.56 Å². The minimum absolute atomic E-state index is 0.0310. The predicted molar refractivity (Wildman–Crippen MR) is 84.4 cm³/mol. The first-order valence-electron chi connectivity index (χ1n) is 7.10. The number of rotatable bonds is 3. The van der Waals surface area contributed by atoms with E-state index in [-0.39, 0.29) is 12.3 Å². The molecule has 3 nitrogen and oxygen atoms in total. The van der Waals surface area contributed by atoms with Crippen molar-refractivity contribution >= 4 is 16.7 Å². The minimum atomic E-state index is 0.0310. The van der Waals surface area contributed by atoms with E-state index in [2.05, 4.69) is 19.1 Å². The average Bonchev–Trinajstić information content (AvgIpc) is 2.57. The molecular formula is C19H15N2O+. The van der Waals surface area contributed by atoms with Gasteiger partial charge in [0.15, 0.2) is 6.20 Å². The van der Waals surface area contributed by atoms with Crippen LogP contribution < -0.4 is 4.57 Å². The van der Waals surface area contributed by atoms with Gasteiger partial charge in [-0.05, 0) is 42.8 Å². The lowest BCUT2D eigenvalue weighted by atomic mass is 10.1. The Kier molecular flexibility index (Phi) is 3.67. The zero-order chi connectivity index (χ0) is 15.5. The highest BCUT2D eigenvalue weighted by Gasteiger charge is 2.16. The van der Waals surface area contributed by atoms with E-state index in [9.17, 15) is 4.79 Å². The number of aromatic nitrogens is 1. The summed E-state index contributed by atoms with van der Waals surface area (Å²) in [6.07, 6.45) is 1.94. The van der Waals surface area contributed by atoms with Crippen molar-refractivity contribution in [1.29, 1.82) is 5.26 Å². The second-order valence-electron chi connectivity index (χ2n) is 5.26. The van der Waals surface area contributed by atoms with Crippen LogP contribution in [0, 0.1) is 18.3 Å². The van der Waals surface area contributed by atoms with Gasteiger partial charge >= 0.3 is 0 Å². The molecule has 0 radical (unpaired) electrons. The lowest BCUT2D eigenvalue weighted by molar-refractivity contribution is -0.657. The van der Waals surface area contributed by atoms with Gasteiger partial charge < -0.3 is 0 Å². The van der Waals surface area contributed by atoms with E-state index in [0.717, 1.165) is 10.9 Å². The Balaban J connectivity index is 1.94. The average molecular weight is 287 g/mol. The third kappa shape index (κ3) is 2.59. The Bertz CT molecular complexity index is 889. The van der Waals surface area contributed by atoms with Crippen molar-refractivity contribution in [3.8, 4) is 6.07 Å². The monoisotopic (exact) mass is 287 g/mol. The smallest absolute Gasteiger partial charge is 0.227 e. The van der Waals surface area contributed by atoms with Gasteiger partial charge in [0.2, 0.25) is 17.8 Å². The molecule has 0 fully saturated rings. The summed E-state index contributed by atoms with van der Waals surface area (Å²) in [5.74, 6) is 0.0310. The SMILES string of the molecule is Cc1cc[n+](CC(=O)c2ccc(C#N)cc2)c2ccccc12. The van der Waals surface area contributed by atoms with Crippen LogP contribution in [0.3, 0.4) is 0 Å². The summed E-state index contributed by atoms with van der Waals surface area (Å²) in [4.78, 5) is 12.4. The maximum Gasteiger partial charge on any atom is 0.227 e. The van der Waals surface area contributed by atoms with Gasteiger partial charge in [0, 0.05) is 23.1 Å². The normalized spacial score (nSPS) is 10.4. The molecule has 0 amide bonds. The number of para-hydroxylation sites is 1. The van der Waals surface area contributed by atoms with Crippen molar-refractivity contribution in [1.82, 2.24) is 0 Å². The molecule has 0 aliphatic carbocycles. The highest BCUT2D eigenvalue weighted by molar-refractivity contribution is 5.95. The van der Waals surface area contributed by atoms with Gasteiger partial charge in [0.25, 0.3) is 0 Å². The molecule has 3 aromatic rings. The van der Waals surface area contributed by atoms with E-state index in [4.69, 9.17) is 5.26 Å². The Morgan fingerprint density at radius 2 is 1.82 bits per heavy atom. The molecule has 0 N–H and O–H groups in total. The number of benzene rings is 2. The molecule has 0 bridgehead atoms. The van der Waals surface area contributed by atoms with Crippen LogP contribution in [-0.4, -0.2) is 5.78 Å². The van der Waals surface area contributed by atoms with Crippen LogP contribution in [-0.2, 0) is 6.54 Å². The Labute approximate surface area is 129 Å². The molecule has 0 spiro atoms. The summed E-state index contributed by atoms with van der Waals surface area (Å²) in [5.41, 5.74) is 3.42. The molecule has 0 atom stereocenters. The van der Waals surface area contributed by atoms with Crippen LogP contribution in [0.25, 0.3) is 10.9 Å². The van der Waals surface area contributed by atoms with Gasteiger partial charge in [0.05, 0.1) is 11.6 Å². The second kappa shape index (κ2) is 5.79. The van der Waals surface area contributed by atoms with E-state index in [1.54, 1.807) is 24.3 Å². The molecule has 0 aliphatic rings. The van der Waals surface area contributed by atoms with Crippen LogP contribution in [0.4, 0.5) is 0 Å². The zero-order valence-corrected chi connectivity index (χ0v) is 12.3. The molecule has 22 heavy (non-hydrogen) atoms. The second-order valence-corrected chi connectivity index (χ2v) is 5.26. The number of pyridine rings is 1. The fourth-order valence-electron chi connectivity index (χ4n) is 2.54. The maximum absolute atomic E-state index is 12.4. The predicted octanol–water partition coefficient (Wildman–Crippen LogP) is 3.19. The van der Waals surface area contributed by atoms with Crippen molar-refractivity contribution in [2.75, 3.05) is 0 Å². The molecule has 2 aromatic carbocycles. The number of hydrogen-bond donors (Lipinski definition) is 0. The first-order chi connectivity index (χ1) is 10.7. The van der Waals surface area contributed by atoms with Gasteiger partial charge in [-0.2, -0.15) is 9.83 Å². The van der Waals surface area contributed by atoms with Crippen LogP contribution in [0.1, 0.15) is 21.5 Å². The molecule has 106 valence electrons. The molecule has 0 saturated carbocycles. The zero-order valence-electron chi connectivity index (χ0n) is 12.3. The summed E-state index contributed by atoms with van der Waals surface area (Å²) in [5, 5.41) is 9.96. The number of carbonyl (C=O) groups excluding carboxylic acids is 1. The van der Waals surface area contributed by atoms with Crippen LogP contribution in [0.5, 0.6) is 0 Å². The number of fused-ring (bicyclic) bond motifs is 1. The molecule has 3 rings (SSSR count). The topological polar surface area (TPSA) is 44.7 Å². The summed E-state index contributed by atoms with van der Waals surface area (Å²) in [6, 6.07) is 18.9. The van der Waals surface area contributed by atoms with Gasteiger partial charge in [-0.3, -0.25) is 4.79 Å². The Morgan fingerprint density at radius 1 is 1.09 bits per heavy atom. The summed E-state index contributed by atoms with van der Waals surface area (Å²) in [7, 11) is 0. The van der Waals surface area contributed by atoms with Crippen LogP contribution in [0.15, 0.2) is 60.8 Å². The molecular weight excluding hydrogens is 272 g/mol. The van der Waals surface area contributed by atoms with Gasteiger partial charge in [0.1, 0.15) is 0 Å². The first-order valence-corrected chi connectivity index (χ1v) is 7.10. The summed E-state index contributed by atoms with van der Waals surface area (Å²) >= 11 is 0. The number of Topliss-reactive ketones (excluding diaryl/α,β-unsaturated/α-hetero) is 1. The van der Waals surface area contributed by atoms with Crippen molar-refractivity contribution in [2.45, 2.75) is 13.5 Å². The van der Waals surface area contributed by atoms with E-state index in [0.29, 0.717) is 11.1 Å². The van der Waals surface area contributed by atoms with Gasteiger partial charge in [-0.25, -0.2) is 0 Å². The van der Waals surface area contributed by atoms with Crippen molar-refractivity contribution < 1.29 is 9.36 Å². The molecule has 1 aromatic heterocycles. The fourth-order valence-corrected chi connectivity index (χ4v) is 2.54. The van der Waals surface area contributed by atoms with Gasteiger partial charge in [-0.15, -0.1) is 0 Å². The first kappa shape index (κ1) is 14.0. The lowest BCUT2D eigenvalue weighted by Gasteiger charge is -2.04. The molecule has 3 heteroatoms. The molecule has 1 heterocycles. The molecule has 0 saturated heterocycles. The van der Waals surface area contributed by atoms with Crippen molar-refractivity contribution in [3.63, 3.8) is 0 Å². The third-order valence-electron chi connectivity index (χ3n) is 3.79. The number of aryl methyl sites for hydroxylation is 1. The molecule has 0 unspecified atom stereocenters. The Morgan fingerprint density at radius 3 is 2.55 bits per heavy atom. The van der Waals surface area contributed by atoms with Gasteiger partial charge in [-0.1, -0.05) is 12.1 Å². The summed E-state index contributed by atoms with van der Waals surface area (Å²) in [6.45, 7) is 2.35. The maximum atomic E-state index is 12.4. The van der Waals surface area contributed by atoms with E-state index < -0.39 is 0 Å². The number of carbonyl (C=O) groups is 1. The third-order valence-corrected chi connectivity index (χ3v) is 3.79. The number of nitrogens with zero attached hydrogens (tertiary/aromatic N) is 2. The van der Waals surface area contributed by atoms with Crippen LogP contribution in [0.2, 0.25) is 0 Å². The highest BCUT2D eigenvalue weighted by atomic mass is 16.1. The van der Waals surface area contributed by atoms with Crippen LogP contribution >= 0.6 is 0 Å². The highest BCUT2D eigenvalue weighted by Crippen LogP contribution is 2.14. The largest absolute Gasteiger partial charge is 0.287 e. The Hall–Kier alpha value is -2.99. The lowest BCUT2D eigenvalue weighted by Crippen LogP contribution is -2.38. The van der Waals surface area contributed by atoms with E-state index in [1.807, 2.05) is 35.0 Å². The van der Waals surface area contributed by atoms with Crippen molar-refractivity contribution in [2.24, 2.45) is 0 Å². The number of hydrogen-bond acceptors (Lipinski definition) is 2. The fraction of sp³-hybridized carbons (Fsp3) is 0.105. The van der Waals surface area contributed by atoms with Crippen molar-refractivity contribution in [3.05, 3.63) is 77.5 Å². The molecule has 0 aliphatic heterocycles. The quantitative estimate of drug-likeness (QED) is 0.548. The standard InChI is InChI=1S/C19H15N2O/c1-14-10-11-21(18-5-3-2-4-17(14)18)13-19(22)16-8-6-15(12-20)7-9-16/h2-11H,13H2,1H3/q+1. The number of ketones is 1. The minimum Gasteiger partial charge on any atom is -0.287 e. The summed E-state index contributed by atoms with van der Waals surface area (Å²) < 4.78 is 1.96. The number of nitriles is 1. The van der Waals surface area contributed by atoms with E-state index >= 15 is 0 Å².